The smallest absolute Gasteiger partial charge is 0.255 e. The summed E-state index contributed by atoms with van der Waals surface area (Å²) in [5.74, 6) is 0.491. The zero-order chi connectivity index (χ0) is 34.3. The zero-order valence-corrected chi connectivity index (χ0v) is 28.4. The van der Waals surface area contributed by atoms with Gasteiger partial charge >= 0.3 is 0 Å². The minimum atomic E-state index is -3.58. The lowest BCUT2D eigenvalue weighted by Gasteiger charge is -2.17. The molecule has 12 nitrogen and oxygen atoms in total. The molecule has 0 atom stereocenters. The maximum Gasteiger partial charge on any atom is 0.255 e. The van der Waals surface area contributed by atoms with Crippen molar-refractivity contribution in [2.24, 2.45) is 0 Å². The number of rotatable bonds is 13. The van der Waals surface area contributed by atoms with E-state index < -0.39 is 26.9 Å². The van der Waals surface area contributed by atoms with Gasteiger partial charge in [-0.25, -0.2) is 13.4 Å². The Morgan fingerprint density at radius 1 is 0.894 bits per heavy atom. The average Bonchev–Trinajstić information content (AvgIpc) is 3.04. The van der Waals surface area contributed by atoms with Gasteiger partial charge in [0.25, 0.3) is 5.91 Å². The summed E-state index contributed by atoms with van der Waals surface area (Å²) in [4.78, 5) is 34.5. The Balaban J connectivity index is 1.43. The van der Waals surface area contributed by atoms with Crippen molar-refractivity contribution in [3.8, 4) is 11.5 Å². The Labute approximate surface area is 279 Å². The van der Waals surface area contributed by atoms with E-state index in [-0.39, 0.29) is 39.7 Å². The van der Waals surface area contributed by atoms with Crippen LogP contribution in [0.15, 0.2) is 71.8 Å². The van der Waals surface area contributed by atoms with Gasteiger partial charge in [-0.2, -0.15) is 4.98 Å². The number of sulfone groups is 1. The van der Waals surface area contributed by atoms with E-state index in [9.17, 15) is 18.0 Å². The third-order valence-corrected chi connectivity index (χ3v) is 9.53. The highest BCUT2D eigenvalue weighted by Gasteiger charge is 2.23. The third kappa shape index (κ3) is 8.48. The first-order valence-corrected chi connectivity index (χ1v) is 16.6. The van der Waals surface area contributed by atoms with Crippen molar-refractivity contribution in [1.29, 1.82) is 0 Å². The molecule has 0 aliphatic carbocycles. The molecule has 0 radical (unpaired) electrons. The second-order valence-electron chi connectivity index (χ2n) is 11.0. The van der Waals surface area contributed by atoms with Crippen molar-refractivity contribution < 1.29 is 27.5 Å². The molecule has 1 heterocycles. The summed E-state index contributed by atoms with van der Waals surface area (Å²) in [7, 11) is -0.569. The molecule has 248 valence electrons. The van der Waals surface area contributed by atoms with Crippen molar-refractivity contribution in [3.05, 3.63) is 83.0 Å². The van der Waals surface area contributed by atoms with Gasteiger partial charge in [-0.3, -0.25) is 9.59 Å². The molecule has 0 aliphatic rings. The van der Waals surface area contributed by atoms with Gasteiger partial charge in [-0.1, -0.05) is 43.6 Å². The molecule has 0 spiro atoms. The Morgan fingerprint density at radius 3 is 2.28 bits per heavy atom. The first-order chi connectivity index (χ1) is 22.3. The minimum absolute atomic E-state index is 0.0953. The number of ether oxygens (including phenoxy) is 2. The van der Waals surface area contributed by atoms with Gasteiger partial charge in [-0.15, -0.1) is 0 Å². The van der Waals surface area contributed by atoms with Gasteiger partial charge in [-0.05, 0) is 61.7 Å². The molecular formula is C33H37ClN6O6S. The number of carbonyl (C=O) groups is 2. The van der Waals surface area contributed by atoms with Crippen molar-refractivity contribution in [1.82, 2.24) is 15.3 Å². The SMILES string of the molecule is COc1cc(OC)c(C(C)C)cc1C(=O)NCC(=O)Nc1cccc(Nc2ncc(Cl)c(Nc3ccccc3S(=O)(=O)C(C)C)n2)c1. The number of methoxy groups -OCH3 is 2. The van der Waals surface area contributed by atoms with Crippen LogP contribution in [0.1, 0.15) is 49.5 Å². The largest absolute Gasteiger partial charge is 0.496 e. The summed E-state index contributed by atoms with van der Waals surface area (Å²) in [6, 6.07) is 16.7. The summed E-state index contributed by atoms with van der Waals surface area (Å²) in [5, 5.41) is 11.0. The molecule has 14 heteroatoms. The second kappa shape index (κ2) is 15.1. The van der Waals surface area contributed by atoms with Gasteiger partial charge in [0, 0.05) is 17.4 Å². The number of amides is 2. The number of carbonyl (C=O) groups excluding carboxylic acids is 2. The van der Waals surface area contributed by atoms with Crippen LogP contribution in [0.2, 0.25) is 5.02 Å². The predicted molar refractivity (Wildman–Crippen MR) is 183 cm³/mol. The Morgan fingerprint density at radius 2 is 1.60 bits per heavy atom. The maximum atomic E-state index is 13.0. The van der Waals surface area contributed by atoms with Crippen LogP contribution in [-0.4, -0.2) is 56.2 Å². The zero-order valence-electron chi connectivity index (χ0n) is 26.8. The number of aromatic nitrogens is 2. The Hall–Kier alpha value is -4.88. The number of halogens is 1. The molecule has 0 saturated carbocycles. The molecule has 0 fully saturated rings. The van der Waals surface area contributed by atoms with E-state index in [2.05, 4.69) is 31.2 Å². The summed E-state index contributed by atoms with van der Waals surface area (Å²) < 4.78 is 36.6. The molecule has 0 saturated heterocycles. The van der Waals surface area contributed by atoms with Crippen molar-refractivity contribution in [2.75, 3.05) is 36.7 Å². The van der Waals surface area contributed by atoms with Crippen LogP contribution in [0.25, 0.3) is 0 Å². The van der Waals surface area contributed by atoms with Gasteiger partial charge in [0.05, 0.1) is 48.4 Å². The van der Waals surface area contributed by atoms with E-state index in [1.807, 2.05) is 13.8 Å². The first-order valence-electron chi connectivity index (χ1n) is 14.7. The quantitative estimate of drug-likeness (QED) is 0.126. The number of benzene rings is 3. The van der Waals surface area contributed by atoms with E-state index >= 15 is 0 Å². The lowest BCUT2D eigenvalue weighted by molar-refractivity contribution is -0.115. The second-order valence-corrected chi connectivity index (χ2v) is 13.9. The van der Waals surface area contributed by atoms with Crippen molar-refractivity contribution in [3.63, 3.8) is 0 Å². The van der Waals surface area contributed by atoms with Gasteiger partial charge in [0.1, 0.15) is 16.5 Å². The van der Waals surface area contributed by atoms with Crippen LogP contribution in [0.4, 0.5) is 28.8 Å². The van der Waals surface area contributed by atoms with E-state index in [0.717, 1.165) is 5.56 Å². The number of hydrogen-bond donors (Lipinski definition) is 4. The number of para-hydroxylation sites is 1. The minimum Gasteiger partial charge on any atom is -0.496 e. The van der Waals surface area contributed by atoms with E-state index in [0.29, 0.717) is 28.6 Å². The van der Waals surface area contributed by atoms with Crippen LogP contribution in [0.5, 0.6) is 11.5 Å². The van der Waals surface area contributed by atoms with Gasteiger partial charge < -0.3 is 30.7 Å². The summed E-state index contributed by atoms with van der Waals surface area (Å²) >= 11 is 6.35. The molecule has 4 aromatic rings. The molecule has 1 aromatic heterocycles. The lowest BCUT2D eigenvalue weighted by Crippen LogP contribution is -2.33. The number of anilines is 5. The van der Waals surface area contributed by atoms with Crippen LogP contribution < -0.4 is 30.7 Å². The van der Waals surface area contributed by atoms with Gasteiger partial charge in [0.2, 0.25) is 11.9 Å². The molecule has 0 aliphatic heterocycles. The predicted octanol–water partition coefficient (Wildman–Crippen LogP) is 6.31. The topological polar surface area (TPSA) is 161 Å². The van der Waals surface area contributed by atoms with Crippen molar-refractivity contribution in [2.45, 2.75) is 43.8 Å². The van der Waals surface area contributed by atoms with Crippen LogP contribution >= 0.6 is 11.6 Å². The summed E-state index contributed by atoms with van der Waals surface area (Å²) in [6.07, 6.45) is 1.38. The van der Waals surface area contributed by atoms with Gasteiger partial charge in [0.15, 0.2) is 15.7 Å². The highest BCUT2D eigenvalue weighted by Crippen LogP contribution is 2.34. The molecule has 4 N–H and O–H groups in total. The third-order valence-electron chi connectivity index (χ3n) is 7.04. The standard InChI is InChI=1S/C33H37ClN6O6S/c1-19(2)23-15-24(28(46-6)16-27(23)45-5)32(42)35-18-30(41)37-21-10-9-11-22(14-21)38-33-36-17-25(34)31(40-33)39-26-12-7-8-13-29(26)47(43,44)20(3)4/h7-17,19-20H,18H2,1-6H3,(H,35,42)(H,37,41)(H2,36,38,39,40). The number of nitrogens with zero attached hydrogens (tertiary/aromatic N) is 2. The lowest BCUT2D eigenvalue weighted by atomic mass is 9.98. The average molecular weight is 681 g/mol. The van der Waals surface area contributed by atoms with Crippen molar-refractivity contribution >= 4 is 62.1 Å². The molecule has 0 unspecified atom stereocenters. The van der Waals surface area contributed by atoms with E-state index in [1.165, 1.54) is 19.4 Å². The highest BCUT2D eigenvalue weighted by atomic mass is 35.5. The molecular weight excluding hydrogens is 644 g/mol. The van der Waals surface area contributed by atoms with Crippen LogP contribution in [0, 0.1) is 0 Å². The van der Waals surface area contributed by atoms with Crippen LogP contribution in [-0.2, 0) is 14.6 Å². The molecule has 2 amide bonds. The summed E-state index contributed by atoms with van der Waals surface area (Å²) in [6.45, 7) is 6.91. The number of nitrogens with one attached hydrogen (secondary N) is 4. The molecule has 47 heavy (non-hydrogen) atoms. The monoisotopic (exact) mass is 680 g/mol. The molecule has 0 bridgehead atoms. The highest BCUT2D eigenvalue weighted by molar-refractivity contribution is 7.92. The normalized spacial score (nSPS) is 11.3. The summed E-state index contributed by atoms with van der Waals surface area (Å²) in [5.41, 5.74) is 2.46. The molecule has 3 aromatic carbocycles. The fraction of sp³-hybridized carbons (Fsp3) is 0.273. The van der Waals surface area contributed by atoms with Crippen LogP contribution in [0.3, 0.4) is 0 Å². The Kier molecular flexibility index (Phi) is 11.3. The fourth-order valence-corrected chi connectivity index (χ4v) is 5.87. The maximum absolute atomic E-state index is 13.0. The number of hydrogen-bond acceptors (Lipinski definition) is 10. The Bertz CT molecular complexity index is 1880. The fourth-order valence-electron chi connectivity index (χ4n) is 4.53. The molecule has 4 rings (SSSR count). The van der Waals surface area contributed by atoms with E-state index in [1.54, 1.807) is 75.6 Å². The van der Waals surface area contributed by atoms with E-state index in [4.69, 9.17) is 21.1 Å². The first kappa shape index (κ1) is 35.0.